The lowest BCUT2D eigenvalue weighted by molar-refractivity contribution is -0.217. The van der Waals surface area contributed by atoms with Crippen molar-refractivity contribution in [1.82, 2.24) is 0 Å². The third kappa shape index (κ3) is 2.57. The van der Waals surface area contributed by atoms with Crippen LogP contribution in [0, 0.1) is 0 Å². The standard InChI is InChI=1S/C10H19O6P/c1-7-8-9(16-17(3,11)12)10(15-7,6-13-2)4-5-14-8/h7-9H,4-6H2,1-3H3,(H,11,12)/p-1/t7-,8+,9?,10+/m0/s1. The van der Waals surface area contributed by atoms with E-state index in [1.54, 1.807) is 7.11 Å². The molecule has 6 nitrogen and oxygen atoms in total. The van der Waals surface area contributed by atoms with E-state index in [9.17, 15) is 9.46 Å². The molecule has 2 fully saturated rings. The molecule has 2 unspecified atom stereocenters. The van der Waals surface area contributed by atoms with E-state index in [-0.39, 0.29) is 12.2 Å². The summed E-state index contributed by atoms with van der Waals surface area (Å²) in [5.41, 5.74) is -0.701. The van der Waals surface area contributed by atoms with Gasteiger partial charge in [-0.25, -0.2) is 0 Å². The van der Waals surface area contributed by atoms with Gasteiger partial charge in [0.25, 0.3) is 0 Å². The molecule has 0 spiro atoms. The Bertz CT molecular complexity index is 325. The smallest absolute Gasteiger partial charge is 0.132 e. The van der Waals surface area contributed by atoms with Gasteiger partial charge in [-0.1, -0.05) is 0 Å². The summed E-state index contributed by atoms with van der Waals surface area (Å²) in [6, 6.07) is 0. The SMILES string of the molecule is COC[C@]12CCO[C@@H](C1OP(C)(=O)[O-])[C@H](C)O2. The maximum Gasteiger partial charge on any atom is 0.132 e. The monoisotopic (exact) mass is 265 g/mol. The summed E-state index contributed by atoms with van der Waals surface area (Å²) in [4.78, 5) is 11.3. The predicted octanol–water partition coefficient (Wildman–Crippen LogP) is 0.148. The molecule has 0 aliphatic carbocycles. The van der Waals surface area contributed by atoms with Crippen LogP contribution in [0.2, 0.25) is 0 Å². The fourth-order valence-electron chi connectivity index (χ4n) is 2.64. The average Bonchev–Trinajstić information content (AvgIpc) is 2.35. The van der Waals surface area contributed by atoms with E-state index < -0.39 is 19.3 Å². The maximum atomic E-state index is 11.3. The fourth-order valence-corrected chi connectivity index (χ4v) is 3.36. The van der Waals surface area contributed by atoms with Crippen LogP contribution in [0.15, 0.2) is 0 Å². The second-order valence-corrected chi connectivity index (χ2v) is 6.46. The van der Waals surface area contributed by atoms with Crippen LogP contribution >= 0.6 is 7.60 Å². The van der Waals surface area contributed by atoms with Crippen molar-refractivity contribution in [1.29, 1.82) is 0 Å². The zero-order chi connectivity index (χ0) is 12.7. The van der Waals surface area contributed by atoms with Crippen molar-refractivity contribution >= 4 is 7.60 Å². The first-order valence-corrected chi connectivity index (χ1v) is 7.62. The zero-order valence-electron chi connectivity index (χ0n) is 10.3. The van der Waals surface area contributed by atoms with E-state index in [0.717, 1.165) is 6.66 Å². The fraction of sp³-hybridized carbons (Fsp3) is 1.00. The Balaban J connectivity index is 2.24. The van der Waals surface area contributed by atoms with Gasteiger partial charge in [-0.3, -0.25) is 0 Å². The molecule has 7 heteroatoms. The van der Waals surface area contributed by atoms with Gasteiger partial charge in [0.2, 0.25) is 0 Å². The van der Waals surface area contributed by atoms with Crippen molar-refractivity contribution in [2.75, 3.05) is 27.0 Å². The third-order valence-electron chi connectivity index (χ3n) is 3.23. The second-order valence-electron chi connectivity index (χ2n) is 4.70. The van der Waals surface area contributed by atoms with Crippen LogP contribution in [-0.2, 0) is 23.3 Å². The van der Waals surface area contributed by atoms with Gasteiger partial charge in [-0.05, 0) is 6.92 Å². The van der Waals surface area contributed by atoms with Crippen molar-refractivity contribution in [2.45, 2.75) is 37.3 Å². The van der Waals surface area contributed by atoms with Gasteiger partial charge in [-0.15, -0.1) is 0 Å². The topological polar surface area (TPSA) is 77.1 Å². The predicted molar refractivity (Wildman–Crippen MR) is 57.9 cm³/mol. The Morgan fingerprint density at radius 3 is 2.88 bits per heavy atom. The number of hydrogen-bond donors (Lipinski definition) is 0. The minimum absolute atomic E-state index is 0.191. The number of hydrogen-bond acceptors (Lipinski definition) is 6. The van der Waals surface area contributed by atoms with Crippen molar-refractivity contribution in [3.8, 4) is 0 Å². The van der Waals surface area contributed by atoms with Gasteiger partial charge in [-0.2, -0.15) is 0 Å². The molecule has 5 atom stereocenters. The van der Waals surface area contributed by atoms with Crippen LogP contribution in [0.5, 0.6) is 0 Å². The van der Waals surface area contributed by atoms with Crippen molar-refractivity contribution in [3.05, 3.63) is 0 Å². The molecule has 17 heavy (non-hydrogen) atoms. The summed E-state index contributed by atoms with van der Waals surface area (Å²) in [5, 5.41) is 0. The number of methoxy groups -OCH3 is 1. The highest BCUT2D eigenvalue weighted by molar-refractivity contribution is 7.50. The molecule has 2 aliphatic rings. The molecule has 0 aromatic heterocycles. The summed E-state index contributed by atoms with van der Waals surface area (Å²) in [6.45, 7) is 3.76. The molecule has 2 rings (SSSR count). The molecule has 0 N–H and O–H groups in total. The van der Waals surface area contributed by atoms with Crippen LogP contribution in [0.4, 0.5) is 0 Å². The number of rotatable bonds is 4. The maximum absolute atomic E-state index is 11.3. The Kier molecular flexibility index (Phi) is 3.65. The Morgan fingerprint density at radius 2 is 2.29 bits per heavy atom. The first-order chi connectivity index (χ1) is 7.88. The summed E-state index contributed by atoms with van der Waals surface area (Å²) in [6.07, 6.45) is -0.573. The normalized spacial score (nSPS) is 44.6. The molecule has 0 radical (unpaired) electrons. The molecule has 100 valence electrons. The quantitative estimate of drug-likeness (QED) is 0.673. The van der Waals surface area contributed by atoms with Crippen molar-refractivity contribution in [3.63, 3.8) is 0 Å². The lowest BCUT2D eigenvalue weighted by atomic mass is 9.90. The number of fused-ring (bicyclic) bond motifs is 2. The summed E-state index contributed by atoms with van der Waals surface area (Å²) in [5.74, 6) is 0. The molecule has 0 saturated carbocycles. The largest absolute Gasteiger partial charge is 0.779 e. The average molecular weight is 265 g/mol. The van der Waals surface area contributed by atoms with Crippen molar-refractivity contribution < 1.29 is 28.2 Å². The lowest BCUT2D eigenvalue weighted by Gasteiger charge is -2.40. The van der Waals surface area contributed by atoms with Crippen LogP contribution in [0.3, 0.4) is 0 Å². The highest BCUT2D eigenvalue weighted by atomic mass is 31.2. The minimum atomic E-state index is -3.83. The molecule has 2 saturated heterocycles. The molecule has 0 aromatic carbocycles. The minimum Gasteiger partial charge on any atom is -0.779 e. The Labute approximate surface area is 101 Å². The van der Waals surface area contributed by atoms with Gasteiger partial charge in [0, 0.05) is 20.2 Å². The molecule has 0 aromatic rings. The molecule has 0 amide bonds. The van der Waals surface area contributed by atoms with Crippen LogP contribution in [0.25, 0.3) is 0 Å². The summed E-state index contributed by atoms with van der Waals surface area (Å²) >= 11 is 0. The van der Waals surface area contributed by atoms with Crippen molar-refractivity contribution in [2.24, 2.45) is 0 Å². The summed E-state index contributed by atoms with van der Waals surface area (Å²) in [7, 11) is -2.27. The Hall–Kier alpha value is 0.0300. The van der Waals surface area contributed by atoms with E-state index in [4.69, 9.17) is 18.7 Å². The molecule has 2 heterocycles. The number of ether oxygens (including phenoxy) is 3. The molecule has 2 bridgehead atoms. The van der Waals surface area contributed by atoms with E-state index in [1.165, 1.54) is 0 Å². The van der Waals surface area contributed by atoms with E-state index in [2.05, 4.69) is 0 Å². The Morgan fingerprint density at radius 1 is 1.59 bits per heavy atom. The van der Waals surface area contributed by atoms with E-state index in [1.807, 2.05) is 6.92 Å². The molecular weight excluding hydrogens is 247 g/mol. The van der Waals surface area contributed by atoms with Gasteiger partial charge < -0.3 is 28.2 Å². The van der Waals surface area contributed by atoms with Crippen LogP contribution in [0.1, 0.15) is 13.3 Å². The second kappa shape index (κ2) is 4.61. The van der Waals surface area contributed by atoms with Gasteiger partial charge >= 0.3 is 0 Å². The first kappa shape index (κ1) is 13.5. The third-order valence-corrected chi connectivity index (χ3v) is 3.84. The first-order valence-electron chi connectivity index (χ1n) is 5.63. The van der Waals surface area contributed by atoms with Gasteiger partial charge in [0.1, 0.15) is 25.4 Å². The molecule has 2 aliphatic heterocycles. The lowest BCUT2D eigenvalue weighted by Crippen LogP contribution is -2.53. The van der Waals surface area contributed by atoms with Crippen LogP contribution < -0.4 is 4.89 Å². The van der Waals surface area contributed by atoms with Gasteiger partial charge in [0.15, 0.2) is 0 Å². The van der Waals surface area contributed by atoms with Crippen LogP contribution in [-0.4, -0.2) is 50.9 Å². The molecular formula is C10H18O6P-. The summed E-state index contributed by atoms with van der Waals surface area (Å²) < 4.78 is 33.0. The van der Waals surface area contributed by atoms with Gasteiger partial charge in [0.05, 0.1) is 19.3 Å². The zero-order valence-corrected chi connectivity index (χ0v) is 11.1. The van der Waals surface area contributed by atoms with E-state index >= 15 is 0 Å². The highest BCUT2D eigenvalue weighted by Gasteiger charge is 2.58. The highest BCUT2D eigenvalue weighted by Crippen LogP contribution is 2.47. The van der Waals surface area contributed by atoms with E-state index in [0.29, 0.717) is 19.6 Å².